The smallest absolute Gasteiger partial charge is 0.251 e. The molecular formula is C16H19N3O. The van der Waals surface area contributed by atoms with Crippen LogP contribution in [0.5, 0.6) is 0 Å². The van der Waals surface area contributed by atoms with E-state index in [1.807, 2.05) is 18.2 Å². The van der Waals surface area contributed by atoms with Gasteiger partial charge in [-0.3, -0.25) is 4.79 Å². The first-order valence-electron chi connectivity index (χ1n) is 7.16. The van der Waals surface area contributed by atoms with Crippen LogP contribution in [0.2, 0.25) is 0 Å². The van der Waals surface area contributed by atoms with Gasteiger partial charge in [-0.2, -0.15) is 0 Å². The third-order valence-corrected chi connectivity index (χ3v) is 3.78. The van der Waals surface area contributed by atoms with Crippen LogP contribution in [0.25, 0.3) is 0 Å². The van der Waals surface area contributed by atoms with Crippen LogP contribution in [-0.2, 0) is 6.42 Å². The fourth-order valence-corrected chi connectivity index (χ4v) is 2.73. The van der Waals surface area contributed by atoms with Crippen LogP contribution in [-0.4, -0.2) is 23.1 Å². The standard InChI is InChI=1S/C16H19N3O/c20-16-11-14(13-6-8-17-9-7-13)18-15(19-16)10-12-4-2-1-3-5-12/h1-5,11,13,17H,6-10H2,(H,18,19,20). The lowest BCUT2D eigenvalue weighted by Crippen LogP contribution is -2.28. The number of benzene rings is 1. The summed E-state index contributed by atoms with van der Waals surface area (Å²) < 4.78 is 0. The summed E-state index contributed by atoms with van der Waals surface area (Å²) in [5.74, 6) is 1.17. The number of rotatable bonds is 3. The van der Waals surface area contributed by atoms with Crippen LogP contribution in [0.4, 0.5) is 0 Å². The Bertz CT molecular complexity index is 615. The number of aromatic amines is 1. The van der Waals surface area contributed by atoms with E-state index in [1.165, 1.54) is 0 Å². The van der Waals surface area contributed by atoms with Crippen molar-refractivity contribution in [3.05, 3.63) is 63.8 Å². The molecule has 2 N–H and O–H groups in total. The zero-order valence-electron chi connectivity index (χ0n) is 11.4. The zero-order valence-corrected chi connectivity index (χ0v) is 11.4. The summed E-state index contributed by atoms with van der Waals surface area (Å²) in [4.78, 5) is 19.4. The quantitative estimate of drug-likeness (QED) is 0.893. The SMILES string of the molecule is O=c1cc(C2CCNCC2)nc(Cc2ccccc2)[nH]1. The van der Waals surface area contributed by atoms with Gasteiger partial charge >= 0.3 is 0 Å². The highest BCUT2D eigenvalue weighted by Crippen LogP contribution is 2.22. The number of nitrogens with one attached hydrogen (secondary N) is 2. The highest BCUT2D eigenvalue weighted by Gasteiger charge is 2.17. The van der Waals surface area contributed by atoms with Gasteiger partial charge in [-0.25, -0.2) is 4.98 Å². The molecule has 0 aliphatic carbocycles. The van der Waals surface area contributed by atoms with Crippen molar-refractivity contribution in [1.82, 2.24) is 15.3 Å². The number of piperidine rings is 1. The maximum Gasteiger partial charge on any atom is 0.251 e. The Kier molecular flexibility index (Phi) is 3.92. The number of nitrogens with zero attached hydrogens (tertiary/aromatic N) is 1. The number of aromatic nitrogens is 2. The third kappa shape index (κ3) is 3.14. The van der Waals surface area contributed by atoms with Crippen molar-refractivity contribution in [3.63, 3.8) is 0 Å². The Morgan fingerprint density at radius 3 is 2.65 bits per heavy atom. The molecule has 1 saturated heterocycles. The molecule has 1 fully saturated rings. The van der Waals surface area contributed by atoms with Crippen molar-refractivity contribution in [2.75, 3.05) is 13.1 Å². The van der Waals surface area contributed by atoms with Gasteiger partial charge < -0.3 is 10.3 Å². The lowest BCUT2D eigenvalue weighted by atomic mass is 9.94. The maximum absolute atomic E-state index is 11.8. The molecule has 0 spiro atoms. The lowest BCUT2D eigenvalue weighted by Gasteiger charge is -2.22. The molecule has 20 heavy (non-hydrogen) atoms. The van der Waals surface area contributed by atoms with Crippen molar-refractivity contribution in [2.45, 2.75) is 25.2 Å². The molecule has 104 valence electrons. The van der Waals surface area contributed by atoms with Crippen molar-refractivity contribution in [3.8, 4) is 0 Å². The second kappa shape index (κ2) is 6.01. The number of H-pyrrole nitrogens is 1. The summed E-state index contributed by atoms with van der Waals surface area (Å²) in [5.41, 5.74) is 2.07. The molecule has 0 amide bonds. The molecular weight excluding hydrogens is 250 g/mol. The molecule has 0 atom stereocenters. The molecule has 1 aromatic heterocycles. The second-order valence-corrected chi connectivity index (χ2v) is 5.30. The molecule has 1 aliphatic heterocycles. The van der Waals surface area contributed by atoms with Gasteiger partial charge in [0.1, 0.15) is 5.82 Å². The van der Waals surface area contributed by atoms with Gasteiger partial charge in [-0.1, -0.05) is 30.3 Å². The van der Waals surface area contributed by atoms with E-state index in [4.69, 9.17) is 0 Å². The van der Waals surface area contributed by atoms with E-state index in [0.717, 1.165) is 43.0 Å². The normalized spacial score (nSPS) is 16.2. The van der Waals surface area contributed by atoms with E-state index in [2.05, 4.69) is 27.4 Å². The predicted octanol–water partition coefficient (Wildman–Crippen LogP) is 1.83. The Balaban J connectivity index is 1.84. The molecule has 3 rings (SSSR count). The monoisotopic (exact) mass is 269 g/mol. The lowest BCUT2D eigenvalue weighted by molar-refractivity contribution is 0.451. The third-order valence-electron chi connectivity index (χ3n) is 3.78. The number of hydrogen-bond donors (Lipinski definition) is 2. The summed E-state index contributed by atoms with van der Waals surface area (Å²) in [6, 6.07) is 11.8. The first-order chi connectivity index (χ1) is 9.81. The van der Waals surface area contributed by atoms with Crippen molar-refractivity contribution < 1.29 is 0 Å². The van der Waals surface area contributed by atoms with Crippen LogP contribution in [0.1, 0.15) is 35.8 Å². The molecule has 0 unspecified atom stereocenters. The van der Waals surface area contributed by atoms with Gasteiger partial charge in [-0.05, 0) is 31.5 Å². The Hall–Kier alpha value is -1.94. The highest BCUT2D eigenvalue weighted by molar-refractivity contribution is 5.20. The molecule has 0 bridgehead atoms. The average molecular weight is 269 g/mol. The van der Waals surface area contributed by atoms with Gasteiger partial charge in [0.05, 0.1) is 5.69 Å². The Morgan fingerprint density at radius 2 is 1.90 bits per heavy atom. The minimum absolute atomic E-state index is 0.0422. The molecule has 2 heterocycles. The second-order valence-electron chi connectivity index (χ2n) is 5.30. The fraction of sp³-hybridized carbons (Fsp3) is 0.375. The minimum atomic E-state index is -0.0422. The van der Waals surface area contributed by atoms with Gasteiger partial charge in [0.25, 0.3) is 5.56 Å². The van der Waals surface area contributed by atoms with E-state index in [9.17, 15) is 4.79 Å². The maximum atomic E-state index is 11.8. The molecule has 0 radical (unpaired) electrons. The predicted molar refractivity (Wildman–Crippen MR) is 79.0 cm³/mol. The largest absolute Gasteiger partial charge is 0.317 e. The minimum Gasteiger partial charge on any atom is -0.317 e. The van der Waals surface area contributed by atoms with Crippen LogP contribution >= 0.6 is 0 Å². The molecule has 4 heteroatoms. The van der Waals surface area contributed by atoms with E-state index in [0.29, 0.717) is 12.3 Å². The topological polar surface area (TPSA) is 57.8 Å². The number of hydrogen-bond acceptors (Lipinski definition) is 3. The molecule has 0 saturated carbocycles. The average Bonchev–Trinajstić information content (AvgIpc) is 2.49. The van der Waals surface area contributed by atoms with E-state index < -0.39 is 0 Å². The van der Waals surface area contributed by atoms with E-state index in [1.54, 1.807) is 6.07 Å². The Morgan fingerprint density at radius 1 is 1.15 bits per heavy atom. The Labute approximate surface area is 118 Å². The van der Waals surface area contributed by atoms with Crippen LogP contribution < -0.4 is 10.9 Å². The zero-order chi connectivity index (χ0) is 13.8. The summed E-state index contributed by atoms with van der Waals surface area (Å²) in [6.45, 7) is 2.01. The van der Waals surface area contributed by atoms with E-state index in [-0.39, 0.29) is 5.56 Å². The molecule has 1 aromatic carbocycles. The molecule has 4 nitrogen and oxygen atoms in total. The van der Waals surface area contributed by atoms with Crippen molar-refractivity contribution in [1.29, 1.82) is 0 Å². The van der Waals surface area contributed by atoms with Crippen LogP contribution in [0.15, 0.2) is 41.2 Å². The van der Waals surface area contributed by atoms with Crippen molar-refractivity contribution >= 4 is 0 Å². The van der Waals surface area contributed by atoms with Gasteiger partial charge in [0, 0.05) is 18.4 Å². The molecule has 1 aliphatic rings. The van der Waals surface area contributed by atoms with Crippen LogP contribution in [0, 0.1) is 0 Å². The summed E-state index contributed by atoms with van der Waals surface area (Å²) in [5, 5.41) is 3.34. The van der Waals surface area contributed by atoms with Gasteiger partial charge in [-0.15, -0.1) is 0 Å². The fourth-order valence-electron chi connectivity index (χ4n) is 2.73. The van der Waals surface area contributed by atoms with Crippen LogP contribution in [0.3, 0.4) is 0 Å². The highest BCUT2D eigenvalue weighted by atomic mass is 16.1. The summed E-state index contributed by atoms with van der Waals surface area (Å²) in [6.07, 6.45) is 2.79. The van der Waals surface area contributed by atoms with Gasteiger partial charge in [0.15, 0.2) is 0 Å². The summed E-state index contributed by atoms with van der Waals surface area (Å²) >= 11 is 0. The first-order valence-corrected chi connectivity index (χ1v) is 7.16. The molecule has 2 aromatic rings. The summed E-state index contributed by atoms with van der Waals surface area (Å²) in [7, 11) is 0. The first kappa shape index (κ1) is 13.1. The van der Waals surface area contributed by atoms with E-state index >= 15 is 0 Å². The van der Waals surface area contributed by atoms with Crippen molar-refractivity contribution in [2.24, 2.45) is 0 Å². The van der Waals surface area contributed by atoms with Gasteiger partial charge in [0.2, 0.25) is 0 Å².